The minimum Gasteiger partial charge on any atom is -0.492 e. The zero-order valence-electron chi connectivity index (χ0n) is 21.4. The number of aromatic nitrogens is 3. The Balaban J connectivity index is 1.68. The molecule has 0 unspecified atom stereocenters. The summed E-state index contributed by atoms with van der Waals surface area (Å²) in [5, 5.41) is 7.26. The number of ether oxygens (including phenoxy) is 1. The molecule has 0 radical (unpaired) electrons. The van der Waals surface area contributed by atoms with Gasteiger partial charge in [0.15, 0.2) is 9.84 Å². The van der Waals surface area contributed by atoms with Crippen molar-refractivity contribution in [1.29, 1.82) is 0 Å². The van der Waals surface area contributed by atoms with Crippen molar-refractivity contribution >= 4 is 30.8 Å². The van der Waals surface area contributed by atoms with E-state index in [-0.39, 0.29) is 30.5 Å². The van der Waals surface area contributed by atoms with Gasteiger partial charge in [-0.3, -0.25) is 4.79 Å². The summed E-state index contributed by atoms with van der Waals surface area (Å²) in [6.45, 7) is 2.56. The molecule has 0 N–H and O–H groups in total. The van der Waals surface area contributed by atoms with Gasteiger partial charge in [-0.05, 0) is 42.0 Å². The van der Waals surface area contributed by atoms with Gasteiger partial charge in [-0.25, -0.2) is 8.42 Å². The van der Waals surface area contributed by atoms with Gasteiger partial charge in [-0.15, -0.1) is 5.10 Å². The van der Waals surface area contributed by atoms with Gasteiger partial charge >= 0.3 is 0 Å². The Morgan fingerprint density at radius 3 is 2.11 bits per heavy atom. The fourth-order valence-corrected chi connectivity index (χ4v) is 5.96. The van der Waals surface area contributed by atoms with Gasteiger partial charge in [0, 0.05) is 6.26 Å². The van der Waals surface area contributed by atoms with E-state index in [1.165, 1.54) is 75.3 Å². The summed E-state index contributed by atoms with van der Waals surface area (Å²) in [6, 6.07) is 9.78. The first-order chi connectivity index (χ1) is 17.7. The van der Waals surface area contributed by atoms with E-state index in [2.05, 4.69) is 17.2 Å². The molecule has 11 heteroatoms. The Kier molecular flexibility index (Phi) is 10.2. The number of nitrogens with zero attached hydrogens (tertiary/aromatic N) is 3. The zero-order valence-corrected chi connectivity index (χ0v) is 23.1. The molecule has 0 bridgehead atoms. The maximum absolute atomic E-state index is 13.4. The molecule has 9 nitrogen and oxygen atoms in total. The van der Waals surface area contributed by atoms with Gasteiger partial charge in [-0.2, -0.15) is 8.42 Å². The first kappa shape index (κ1) is 28.8. The highest BCUT2D eigenvalue weighted by Gasteiger charge is 2.26. The summed E-state index contributed by atoms with van der Waals surface area (Å²) in [6.07, 6.45) is 12.7. The number of sulfone groups is 1. The summed E-state index contributed by atoms with van der Waals surface area (Å²) in [4.78, 5) is 12.7. The van der Waals surface area contributed by atoms with Gasteiger partial charge in [0.2, 0.25) is 0 Å². The molecule has 0 saturated carbocycles. The second kappa shape index (κ2) is 13.1. The monoisotopic (exact) mass is 549 g/mol. The summed E-state index contributed by atoms with van der Waals surface area (Å²) in [5.74, 6) is 0.122. The second-order valence-corrected chi connectivity index (χ2v) is 12.9. The number of rotatable bonds is 15. The third kappa shape index (κ3) is 7.61. The van der Waals surface area contributed by atoms with Crippen LogP contribution in [-0.2, 0) is 19.9 Å². The van der Waals surface area contributed by atoms with Crippen molar-refractivity contribution in [2.24, 2.45) is 0 Å². The van der Waals surface area contributed by atoms with Crippen molar-refractivity contribution < 1.29 is 21.6 Å². The third-order valence-corrected chi connectivity index (χ3v) is 8.84. The molecule has 37 heavy (non-hydrogen) atoms. The molecule has 2 aromatic carbocycles. The van der Waals surface area contributed by atoms with Crippen molar-refractivity contribution in [3.05, 3.63) is 52.8 Å². The van der Waals surface area contributed by atoms with E-state index in [0.717, 1.165) is 31.6 Å². The Morgan fingerprint density at radius 1 is 0.838 bits per heavy atom. The SMILES string of the molecule is CCCCCCCCCCCCOc1ccccc1S(=O)(=O)n1nnc2ccc(S(C)(=O)=O)cc2c1=O. The topological polar surface area (TPSA) is 125 Å². The molecule has 0 amide bonds. The van der Waals surface area contributed by atoms with Crippen LogP contribution in [0.5, 0.6) is 5.75 Å². The van der Waals surface area contributed by atoms with E-state index >= 15 is 0 Å². The fraction of sp³-hybridized carbons (Fsp3) is 0.500. The summed E-state index contributed by atoms with van der Waals surface area (Å²) in [5.41, 5.74) is -0.894. The van der Waals surface area contributed by atoms with Crippen molar-refractivity contribution in [2.45, 2.75) is 80.9 Å². The fourth-order valence-electron chi connectivity index (χ4n) is 4.04. The average molecular weight is 550 g/mol. The molecule has 0 aliphatic rings. The molecule has 3 rings (SSSR count). The summed E-state index contributed by atoms with van der Waals surface area (Å²) in [7, 11) is -8.06. The van der Waals surface area contributed by atoms with Crippen LogP contribution in [0, 0.1) is 0 Å². The van der Waals surface area contributed by atoms with Crippen LogP contribution in [0.2, 0.25) is 0 Å². The average Bonchev–Trinajstić information content (AvgIpc) is 2.87. The predicted octanol–water partition coefficient (Wildman–Crippen LogP) is 4.73. The van der Waals surface area contributed by atoms with Crippen molar-refractivity contribution in [3.8, 4) is 5.75 Å². The molecule has 0 fully saturated rings. The van der Waals surface area contributed by atoms with Gasteiger partial charge < -0.3 is 4.74 Å². The zero-order chi connectivity index (χ0) is 26.9. The highest BCUT2D eigenvalue weighted by molar-refractivity contribution is 7.90. The molecule has 0 aliphatic carbocycles. The Bertz CT molecular complexity index is 1470. The van der Waals surface area contributed by atoms with Crippen LogP contribution in [0.3, 0.4) is 0 Å². The molecule has 1 heterocycles. The molecule has 0 saturated heterocycles. The smallest absolute Gasteiger partial charge is 0.292 e. The Morgan fingerprint density at radius 2 is 1.46 bits per heavy atom. The maximum atomic E-state index is 13.4. The minimum absolute atomic E-state index is 0.0920. The lowest BCUT2D eigenvalue weighted by atomic mass is 10.1. The van der Waals surface area contributed by atoms with Gasteiger partial charge in [0.1, 0.15) is 16.2 Å². The molecule has 0 spiro atoms. The summed E-state index contributed by atoms with van der Waals surface area (Å²) < 4.78 is 56.6. The highest BCUT2D eigenvalue weighted by Crippen LogP contribution is 2.25. The van der Waals surface area contributed by atoms with Gasteiger partial charge in [-0.1, -0.05) is 80.9 Å². The van der Waals surface area contributed by atoms with Crippen LogP contribution in [-0.4, -0.2) is 44.1 Å². The number of hydrogen-bond donors (Lipinski definition) is 0. The van der Waals surface area contributed by atoms with Crippen LogP contribution in [0.15, 0.2) is 57.1 Å². The van der Waals surface area contributed by atoms with Crippen LogP contribution < -0.4 is 10.3 Å². The molecule has 3 aromatic rings. The first-order valence-electron chi connectivity index (χ1n) is 12.7. The lowest BCUT2D eigenvalue weighted by Gasteiger charge is -2.12. The van der Waals surface area contributed by atoms with Crippen LogP contribution in [0.4, 0.5) is 0 Å². The molecule has 0 aliphatic heterocycles. The number of para-hydroxylation sites is 1. The van der Waals surface area contributed by atoms with Crippen LogP contribution in [0.25, 0.3) is 10.9 Å². The van der Waals surface area contributed by atoms with E-state index in [9.17, 15) is 21.6 Å². The van der Waals surface area contributed by atoms with Gasteiger partial charge in [0.05, 0.1) is 16.9 Å². The standard InChI is InChI=1S/C26H35N3O6S2/c1-3-4-5-6-7-8-9-10-11-14-19-35-24-15-12-13-16-25(24)37(33,34)29-26(30)22-20-21(36(2,31)32)17-18-23(22)27-28-29/h12-13,15-18,20H,3-11,14,19H2,1-2H3. The molecule has 0 atom stereocenters. The number of unbranched alkanes of at least 4 members (excludes halogenated alkanes) is 9. The van der Waals surface area contributed by atoms with E-state index in [4.69, 9.17) is 4.74 Å². The predicted molar refractivity (Wildman–Crippen MR) is 143 cm³/mol. The van der Waals surface area contributed by atoms with Crippen LogP contribution in [0.1, 0.15) is 71.1 Å². The van der Waals surface area contributed by atoms with Crippen molar-refractivity contribution in [2.75, 3.05) is 12.9 Å². The van der Waals surface area contributed by atoms with E-state index in [1.54, 1.807) is 6.07 Å². The number of benzene rings is 2. The number of fused-ring (bicyclic) bond motifs is 1. The molecule has 1 aromatic heterocycles. The minimum atomic E-state index is -4.45. The van der Waals surface area contributed by atoms with E-state index in [0.29, 0.717) is 6.61 Å². The maximum Gasteiger partial charge on any atom is 0.292 e. The Labute approximate surface area is 218 Å². The Hall–Kier alpha value is -2.79. The van der Waals surface area contributed by atoms with E-state index < -0.39 is 25.4 Å². The lowest BCUT2D eigenvalue weighted by Crippen LogP contribution is -2.31. The third-order valence-electron chi connectivity index (χ3n) is 6.14. The molecular formula is C26H35N3O6S2. The second-order valence-electron chi connectivity index (χ2n) is 9.17. The van der Waals surface area contributed by atoms with Crippen molar-refractivity contribution in [1.82, 2.24) is 14.4 Å². The normalized spacial score (nSPS) is 12.2. The molecule has 202 valence electrons. The van der Waals surface area contributed by atoms with Crippen LogP contribution >= 0.6 is 0 Å². The first-order valence-corrected chi connectivity index (χ1v) is 16.1. The van der Waals surface area contributed by atoms with Gasteiger partial charge in [0.25, 0.3) is 15.6 Å². The van der Waals surface area contributed by atoms with Crippen molar-refractivity contribution in [3.63, 3.8) is 0 Å². The largest absolute Gasteiger partial charge is 0.492 e. The number of hydrogen-bond acceptors (Lipinski definition) is 8. The summed E-state index contributed by atoms with van der Waals surface area (Å²) >= 11 is 0. The lowest BCUT2D eigenvalue weighted by molar-refractivity contribution is 0.296. The van der Waals surface area contributed by atoms with E-state index in [1.807, 2.05) is 0 Å². The highest BCUT2D eigenvalue weighted by atomic mass is 32.2. The molecular weight excluding hydrogens is 514 g/mol. The quantitative estimate of drug-likeness (QED) is 0.249.